The number of rotatable bonds is 2. The SMILES string of the molecule is CC(C)(C)S/N=C/c1cc(Cl)ccn1. The topological polar surface area (TPSA) is 25.2 Å². The van der Waals surface area contributed by atoms with Crippen LogP contribution < -0.4 is 0 Å². The van der Waals surface area contributed by atoms with E-state index in [0.717, 1.165) is 5.69 Å². The normalized spacial score (nSPS) is 12.3. The van der Waals surface area contributed by atoms with Crippen LogP contribution >= 0.6 is 23.5 Å². The van der Waals surface area contributed by atoms with Crippen molar-refractivity contribution in [3.05, 3.63) is 29.0 Å². The van der Waals surface area contributed by atoms with Crippen molar-refractivity contribution < 1.29 is 0 Å². The summed E-state index contributed by atoms with van der Waals surface area (Å²) in [4.78, 5) is 4.11. The van der Waals surface area contributed by atoms with Gasteiger partial charge in [-0.15, -0.1) is 0 Å². The lowest BCUT2D eigenvalue weighted by molar-refractivity contribution is 0.804. The number of hydrogen-bond donors (Lipinski definition) is 0. The summed E-state index contributed by atoms with van der Waals surface area (Å²) in [5.41, 5.74) is 0.786. The molecule has 1 aromatic heterocycles. The molecule has 76 valence electrons. The summed E-state index contributed by atoms with van der Waals surface area (Å²) in [6.45, 7) is 6.33. The van der Waals surface area contributed by atoms with E-state index in [1.807, 2.05) is 0 Å². The maximum absolute atomic E-state index is 5.81. The van der Waals surface area contributed by atoms with Crippen molar-refractivity contribution in [1.29, 1.82) is 0 Å². The molecule has 0 aliphatic heterocycles. The Morgan fingerprint density at radius 1 is 1.50 bits per heavy atom. The molecule has 0 saturated carbocycles. The molecule has 4 heteroatoms. The van der Waals surface area contributed by atoms with Crippen LogP contribution in [0.4, 0.5) is 0 Å². The molecule has 0 fully saturated rings. The van der Waals surface area contributed by atoms with E-state index in [1.54, 1.807) is 24.5 Å². The Morgan fingerprint density at radius 3 is 2.79 bits per heavy atom. The summed E-state index contributed by atoms with van der Waals surface area (Å²) in [6.07, 6.45) is 3.40. The quantitative estimate of drug-likeness (QED) is 0.571. The lowest BCUT2D eigenvalue weighted by atomic mass is 10.3. The smallest absolute Gasteiger partial charge is 0.0833 e. The molecule has 1 aromatic rings. The van der Waals surface area contributed by atoms with E-state index in [0.29, 0.717) is 5.02 Å². The fraction of sp³-hybridized carbons (Fsp3) is 0.400. The number of halogens is 1. The zero-order valence-corrected chi connectivity index (χ0v) is 10.1. The monoisotopic (exact) mass is 228 g/mol. The standard InChI is InChI=1S/C10H13ClN2S/c1-10(2,3)14-13-7-9-6-8(11)4-5-12-9/h4-7H,1-3H3/b13-7+. The first-order chi connectivity index (χ1) is 6.47. The lowest BCUT2D eigenvalue weighted by Crippen LogP contribution is -2.05. The van der Waals surface area contributed by atoms with Crippen LogP contribution in [0.15, 0.2) is 22.7 Å². The number of nitrogens with zero attached hydrogens (tertiary/aromatic N) is 2. The van der Waals surface area contributed by atoms with Gasteiger partial charge in [-0.2, -0.15) is 0 Å². The van der Waals surface area contributed by atoms with E-state index in [2.05, 4.69) is 30.2 Å². The molecule has 0 radical (unpaired) electrons. The molecule has 0 aliphatic carbocycles. The Morgan fingerprint density at radius 2 is 2.21 bits per heavy atom. The number of hydrogen-bond acceptors (Lipinski definition) is 3. The van der Waals surface area contributed by atoms with Crippen molar-refractivity contribution in [3.63, 3.8) is 0 Å². The Hall–Kier alpha value is -0.540. The average Bonchev–Trinajstić information content (AvgIpc) is 2.01. The highest BCUT2D eigenvalue weighted by Crippen LogP contribution is 2.23. The summed E-state index contributed by atoms with van der Waals surface area (Å²) in [7, 11) is 0. The van der Waals surface area contributed by atoms with E-state index in [4.69, 9.17) is 11.6 Å². The molecule has 0 atom stereocenters. The average molecular weight is 229 g/mol. The van der Waals surface area contributed by atoms with Crippen LogP contribution in [0.1, 0.15) is 26.5 Å². The predicted molar refractivity (Wildman–Crippen MR) is 64.2 cm³/mol. The summed E-state index contributed by atoms with van der Waals surface area (Å²) < 4.78 is 4.36. The third-order valence-electron chi connectivity index (χ3n) is 1.25. The van der Waals surface area contributed by atoms with E-state index < -0.39 is 0 Å². The second-order valence-electron chi connectivity index (χ2n) is 3.84. The van der Waals surface area contributed by atoms with Gasteiger partial charge in [0.25, 0.3) is 0 Å². The van der Waals surface area contributed by atoms with Crippen molar-refractivity contribution in [2.75, 3.05) is 0 Å². The molecule has 0 aliphatic rings. The molecule has 0 unspecified atom stereocenters. The van der Waals surface area contributed by atoms with Gasteiger partial charge in [0.05, 0.1) is 11.9 Å². The maximum atomic E-state index is 5.81. The van der Waals surface area contributed by atoms with E-state index in [9.17, 15) is 0 Å². The summed E-state index contributed by atoms with van der Waals surface area (Å²) in [5, 5.41) is 0.683. The molecular weight excluding hydrogens is 216 g/mol. The van der Waals surface area contributed by atoms with Crippen molar-refractivity contribution in [1.82, 2.24) is 4.98 Å². The first-order valence-corrected chi connectivity index (χ1v) is 5.46. The fourth-order valence-corrected chi connectivity index (χ4v) is 1.38. The molecule has 0 N–H and O–H groups in total. The minimum Gasteiger partial charge on any atom is -0.255 e. The van der Waals surface area contributed by atoms with Crippen LogP contribution in [-0.2, 0) is 0 Å². The van der Waals surface area contributed by atoms with Crippen molar-refractivity contribution in [2.45, 2.75) is 25.5 Å². The molecular formula is C10H13ClN2S. The molecule has 0 bridgehead atoms. The number of aromatic nitrogens is 1. The van der Waals surface area contributed by atoms with Crippen LogP contribution in [0.5, 0.6) is 0 Å². The predicted octanol–water partition coefficient (Wildman–Crippen LogP) is 3.60. The Bertz CT molecular complexity index is 331. The van der Waals surface area contributed by atoms with Crippen LogP contribution in [0.3, 0.4) is 0 Å². The van der Waals surface area contributed by atoms with Gasteiger partial charge in [0.2, 0.25) is 0 Å². The van der Waals surface area contributed by atoms with Crippen LogP contribution in [-0.4, -0.2) is 15.9 Å². The molecule has 14 heavy (non-hydrogen) atoms. The van der Waals surface area contributed by atoms with Crippen LogP contribution in [0.2, 0.25) is 5.02 Å². The zero-order chi connectivity index (χ0) is 10.6. The van der Waals surface area contributed by atoms with Crippen molar-refractivity contribution in [2.24, 2.45) is 4.40 Å². The van der Waals surface area contributed by atoms with Crippen LogP contribution in [0.25, 0.3) is 0 Å². The first kappa shape index (κ1) is 11.5. The van der Waals surface area contributed by atoms with Gasteiger partial charge in [-0.25, -0.2) is 4.40 Å². The third-order valence-corrected chi connectivity index (χ3v) is 2.25. The van der Waals surface area contributed by atoms with Gasteiger partial charge in [0, 0.05) is 16.0 Å². The second kappa shape index (κ2) is 4.80. The van der Waals surface area contributed by atoms with Crippen LogP contribution in [0, 0.1) is 0 Å². The lowest BCUT2D eigenvalue weighted by Gasteiger charge is -2.11. The molecule has 0 spiro atoms. The van der Waals surface area contributed by atoms with Gasteiger partial charge in [-0.1, -0.05) is 11.6 Å². The second-order valence-corrected chi connectivity index (χ2v) is 5.89. The minimum absolute atomic E-state index is 0.134. The highest BCUT2D eigenvalue weighted by Gasteiger charge is 2.08. The molecule has 0 saturated heterocycles. The van der Waals surface area contributed by atoms with Crippen molar-refractivity contribution in [3.8, 4) is 0 Å². The Labute approximate surface area is 93.9 Å². The maximum Gasteiger partial charge on any atom is 0.0833 e. The van der Waals surface area contributed by atoms with Gasteiger partial charge in [0.1, 0.15) is 0 Å². The largest absolute Gasteiger partial charge is 0.255 e. The van der Waals surface area contributed by atoms with E-state index in [1.165, 1.54) is 11.9 Å². The van der Waals surface area contributed by atoms with Gasteiger partial charge in [-0.05, 0) is 44.9 Å². The summed E-state index contributed by atoms with van der Waals surface area (Å²) >= 11 is 7.33. The first-order valence-electron chi connectivity index (χ1n) is 4.30. The minimum atomic E-state index is 0.134. The molecule has 0 aromatic carbocycles. The summed E-state index contributed by atoms with van der Waals surface area (Å²) in [6, 6.07) is 3.53. The molecule has 2 nitrogen and oxygen atoms in total. The van der Waals surface area contributed by atoms with Gasteiger partial charge >= 0.3 is 0 Å². The fourth-order valence-electron chi connectivity index (χ4n) is 0.730. The van der Waals surface area contributed by atoms with Gasteiger partial charge < -0.3 is 0 Å². The van der Waals surface area contributed by atoms with E-state index >= 15 is 0 Å². The van der Waals surface area contributed by atoms with Gasteiger partial charge in [0.15, 0.2) is 0 Å². The summed E-state index contributed by atoms with van der Waals surface area (Å²) in [5.74, 6) is 0. The number of pyridine rings is 1. The molecule has 1 heterocycles. The van der Waals surface area contributed by atoms with Crippen molar-refractivity contribution >= 4 is 29.8 Å². The molecule has 0 amide bonds. The Balaban J connectivity index is 2.61. The highest BCUT2D eigenvalue weighted by atomic mass is 35.5. The van der Waals surface area contributed by atoms with E-state index in [-0.39, 0.29) is 4.75 Å². The highest BCUT2D eigenvalue weighted by molar-refractivity contribution is 7.99. The third kappa shape index (κ3) is 4.63. The Kier molecular flexibility index (Phi) is 3.96. The molecule has 1 rings (SSSR count). The zero-order valence-electron chi connectivity index (χ0n) is 8.49. The van der Waals surface area contributed by atoms with Gasteiger partial charge in [-0.3, -0.25) is 4.98 Å².